The number of nitrogens with one attached hydrogen (secondary N) is 1. The van der Waals surface area contributed by atoms with Crippen molar-refractivity contribution in [1.29, 1.82) is 0 Å². The van der Waals surface area contributed by atoms with Crippen LogP contribution in [0.1, 0.15) is 96.3 Å². The first-order chi connectivity index (χ1) is 9.00. The number of hydrogen-bond donors (Lipinski definition) is 1. The predicted molar refractivity (Wildman–Crippen MR) is 82.1 cm³/mol. The molecule has 1 rings (SSSR count). The van der Waals surface area contributed by atoms with Crippen LogP contribution in [0.25, 0.3) is 0 Å². The van der Waals surface area contributed by atoms with E-state index >= 15 is 0 Å². The Kier molecular flexibility index (Phi) is 11.9. The Morgan fingerprint density at radius 3 is 0.778 bits per heavy atom. The van der Waals surface area contributed by atoms with Crippen LogP contribution in [0, 0.1) is 0 Å². The molecule has 0 aliphatic carbocycles. The third kappa shape index (κ3) is 11.1. The molecule has 1 heteroatoms. The molecule has 0 spiro atoms. The average molecular weight is 253 g/mol. The van der Waals surface area contributed by atoms with E-state index in [4.69, 9.17) is 0 Å². The Balaban J connectivity index is 2.00. The van der Waals surface area contributed by atoms with Gasteiger partial charge >= 0.3 is 0 Å². The summed E-state index contributed by atoms with van der Waals surface area (Å²) in [6, 6.07) is 0. The van der Waals surface area contributed by atoms with Crippen LogP contribution in [0.3, 0.4) is 0 Å². The summed E-state index contributed by atoms with van der Waals surface area (Å²) in [5, 5.41) is 3.59. The minimum Gasteiger partial charge on any atom is -0.317 e. The minimum absolute atomic E-state index is 1.25. The van der Waals surface area contributed by atoms with Gasteiger partial charge in [-0.2, -0.15) is 0 Å². The fourth-order valence-corrected chi connectivity index (χ4v) is 2.92. The summed E-state index contributed by atoms with van der Waals surface area (Å²) >= 11 is 0. The van der Waals surface area contributed by atoms with Gasteiger partial charge in [0.2, 0.25) is 0 Å². The highest BCUT2D eigenvalue weighted by atomic mass is 14.8. The molecule has 0 aromatic rings. The van der Waals surface area contributed by atoms with Gasteiger partial charge in [0.05, 0.1) is 0 Å². The lowest BCUT2D eigenvalue weighted by molar-refractivity contribution is 0.509. The van der Waals surface area contributed by atoms with Crippen molar-refractivity contribution >= 4 is 0 Å². The zero-order chi connectivity index (χ0) is 12.7. The van der Waals surface area contributed by atoms with E-state index in [9.17, 15) is 0 Å². The van der Waals surface area contributed by atoms with E-state index in [2.05, 4.69) is 5.32 Å². The Hall–Kier alpha value is -0.0400. The van der Waals surface area contributed by atoms with Crippen LogP contribution in [0.15, 0.2) is 0 Å². The van der Waals surface area contributed by atoms with Crippen molar-refractivity contribution in [2.24, 2.45) is 0 Å². The molecule has 0 saturated carbocycles. The lowest BCUT2D eigenvalue weighted by Crippen LogP contribution is -2.16. The van der Waals surface area contributed by atoms with E-state index in [-0.39, 0.29) is 0 Å². The Bertz CT molecular complexity index is 80.6. The monoisotopic (exact) mass is 253 g/mol. The minimum atomic E-state index is 1.25. The maximum absolute atomic E-state index is 3.59. The molecule has 1 N–H and O–H groups in total. The Morgan fingerprint density at radius 1 is 0.278 bits per heavy atom. The summed E-state index contributed by atoms with van der Waals surface area (Å²) in [6.07, 6.45) is 21.9. The molecule has 0 bridgehead atoms. The van der Waals surface area contributed by atoms with Gasteiger partial charge in [-0.3, -0.25) is 0 Å². The van der Waals surface area contributed by atoms with Crippen LogP contribution in [0.5, 0.6) is 0 Å². The molecule has 1 nitrogen and oxygen atoms in total. The molecule has 0 atom stereocenters. The van der Waals surface area contributed by atoms with Crippen molar-refractivity contribution in [3.8, 4) is 0 Å². The van der Waals surface area contributed by atoms with Crippen molar-refractivity contribution in [3.63, 3.8) is 0 Å². The second-order valence-electron chi connectivity index (χ2n) is 6.05. The maximum Gasteiger partial charge on any atom is -0.00489 e. The van der Waals surface area contributed by atoms with E-state index in [0.29, 0.717) is 0 Å². The van der Waals surface area contributed by atoms with E-state index < -0.39 is 0 Å². The zero-order valence-corrected chi connectivity index (χ0v) is 12.5. The SMILES string of the molecule is C1CCCCCCCCNCCCCCCCC1. The number of rotatable bonds is 0. The van der Waals surface area contributed by atoms with Gasteiger partial charge in [-0.1, -0.05) is 83.5 Å². The van der Waals surface area contributed by atoms with Gasteiger partial charge in [-0.15, -0.1) is 0 Å². The molecule has 18 heavy (non-hydrogen) atoms. The summed E-state index contributed by atoms with van der Waals surface area (Å²) < 4.78 is 0. The molecule has 0 aromatic carbocycles. The summed E-state index contributed by atoms with van der Waals surface area (Å²) in [4.78, 5) is 0. The molecule has 0 radical (unpaired) electrons. The summed E-state index contributed by atoms with van der Waals surface area (Å²) in [6.45, 7) is 2.50. The van der Waals surface area contributed by atoms with E-state index in [0.717, 1.165) is 0 Å². The third-order valence-electron chi connectivity index (χ3n) is 4.21. The molecule has 0 unspecified atom stereocenters. The van der Waals surface area contributed by atoms with Crippen molar-refractivity contribution in [1.82, 2.24) is 5.32 Å². The van der Waals surface area contributed by atoms with Crippen LogP contribution >= 0.6 is 0 Å². The smallest absolute Gasteiger partial charge is 0.00489 e. The number of hydrogen-bond acceptors (Lipinski definition) is 1. The molecule has 108 valence electrons. The van der Waals surface area contributed by atoms with Crippen LogP contribution in [0.2, 0.25) is 0 Å². The lowest BCUT2D eigenvalue weighted by Gasteiger charge is -2.06. The Labute approximate surface area is 115 Å². The summed E-state index contributed by atoms with van der Waals surface area (Å²) in [5.41, 5.74) is 0. The van der Waals surface area contributed by atoms with E-state index in [1.807, 2.05) is 0 Å². The van der Waals surface area contributed by atoms with Gasteiger partial charge < -0.3 is 5.32 Å². The van der Waals surface area contributed by atoms with Gasteiger partial charge in [0, 0.05) is 0 Å². The fourth-order valence-electron chi connectivity index (χ4n) is 2.92. The predicted octanol–water partition coefficient (Wildman–Crippen LogP) is 5.44. The fraction of sp³-hybridized carbons (Fsp3) is 1.00. The normalized spacial score (nSPS) is 24.0. The van der Waals surface area contributed by atoms with E-state index in [1.54, 1.807) is 0 Å². The summed E-state index contributed by atoms with van der Waals surface area (Å²) in [7, 11) is 0. The van der Waals surface area contributed by atoms with Crippen molar-refractivity contribution in [3.05, 3.63) is 0 Å². The van der Waals surface area contributed by atoms with Gasteiger partial charge in [0.1, 0.15) is 0 Å². The van der Waals surface area contributed by atoms with Crippen molar-refractivity contribution in [2.45, 2.75) is 96.3 Å². The van der Waals surface area contributed by atoms with Gasteiger partial charge in [-0.05, 0) is 25.9 Å². The van der Waals surface area contributed by atoms with Gasteiger partial charge in [0.15, 0.2) is 0 Å². The van der Waals surface area contributed by atoms with Crippen LogP contribution in [-0.4, -0.2) is 13.1 Å². The molecule has 1 saturated heterocycles. The molecular formula is C17H35N. The van der Waals surface area contributed by atoms with E-state index in [1.165, 1.54) is 109 Å². The first kappa shape index (κ1) is 16.0. The van der Waals surface area contributed by atoms with Crippen LogP contribution in [-0.2, 0) is 0 Å². The highest BCUT2D eigenvalue weighted by Crippen LogP contribution is 2.13. The summed E-state index contributed by atoms with van der Waals surface area (Å²) in [5.74, 6) is 0. The van der Waals surface area contributed by atoms with Crippen LogP contribution < -0.4 is 5.32 Å². The first-order valence-electron chi connectivity index (χ1n) is 8.71. The second-order valence-corrected chi connectivity index (χ2v) is 6.05. The first-order valence-corrected chi connectivity index (χ1v) is 8.71. The second kappa shape index (κ2) is 13.4. The zero-order valence-electron chi connectivity index (χ0n) is 12.5. The molecule has 1 fully saturated rings. The molecule has 0 amide bonds. The molecule has 1 aliphatic rings. The Morgan fingerprint density at radius 2 is 0.500 bits per heavy atom. The highest BCUT2D eigenvalue weighted by molar-refractivity contribution is 4.53. The largest absolute Gasteiger partial charge is 0.317 e. The van der Waals surface area contributed by atoms with Gasteiger partial charge in [0.25, 0.3) is 0 Å². The highest BCUT2D eigenvalue weighted by Gasteiger charge is 1.96. The molecule has 1 aliphatic heterocycles. The van der Waals surface area contributed by atoms with Gasteiger partial charge in [-0.25, -0.2) is 0 Å². The topological polar surface area (TPSA) is 12.0 Å². The standard InChI is InChI=1S/C17H35N/c1-2-4-6-8-10-12-14-16-18-17-15-13-11-9-7-5-3-1/h18H,1-17H2. The quantitative estimate of drug-likeness (QED) is 0.606. The average Bonchev–Trinajstić information content (AvgIpc) is 2.39. The maximum atomic E-state index is 3.59. The van der Waals surface area contributed by atoms with Crippen molar-refractivity contribution in [2.75, 3.05) is 13.1 Å². The van der Waals surface area contributed by atoms with Crippen molar-refractivity contribution < 1.29 is 0 Å². The molecule has 1 heterocycles. The lowest BCUT2D eigenvalue weighted by atomic mass is 10.0. The molecule has 0 aromatic heterocycles. The third-order valence-corrected chi connectivity index (χ3v) is 4.21. The molecular weight excluding hydrogens is 218 g/mol. The van der Waals surface area contributed by atoms with Crippen LogP contribution in [0.4, 0.5) is 0 Å².